The highest BCUT2D eigenvalue weighted by atomic mass is 19.1. The lowest BCUT2D eigenvalue weighted by molar-refractivity contribution is 0.303. The number of hydrogen-bond donors (Lipinski definition) is 0. The predicted molar refractivity (Wildman–Crippen MR) is 110 cm³/mol. The molecule has 3 rings (SSSR count). The third-order valence-corrected chi connectivity index (χ3v) is 6.23. The smallest absolute Gasteiger partial charge is 0.123 e. The van der Waals surface area contributed by atoms with Crippen LogP contribution in [0.15, 0.2) is 36.4 Å². The Morgan fingerprint density at radius 3 is 2.08 bits per heavy atom. The highest BCUT2D eigenvalue weighted by molar-refractivity contribution is 5.71. The average molecular weight is 353 g/mol. The summed E-state index contributed by atoms with van der Waals surface area (Å²) in [6, 6.07) is 12.3. The van der Waals surface area contributed by atoms with Gasteiger partial charge in [-0.05, 0) is 91.3 Å². The van der Waals surface area contributed by atoms with Crippen LogP contribution in [0.2, 0.25) is 0 Å². The normalized spacial score (nSPS) is 20.3. The fraction of sp³-hybridized carbons (Fsp3) is 0.520. The van der Waals surface area contributed by atoms with E-state index in [0.717, 1.165) is 23.0 Å². The van der Waals surface area contributed by atoms with Crippen molar-refractivity contribution in [3.8, 4) is 11.1 Å². The molecule has 0 heterocycles. The summed E-state index contributed by atoms with van der Waals surface area (Å²) >= 11 is 0. The molecule has 1 saturated carbocycles. The SMILES string of the molecule is CCCCCC1CCC(c2ccc(-c3c(C)cc(F)cc3C)cc2)CC1. The highest BCUT2D eigenvalue weighted by Gasteiger charge is 2.22. The Bertz CT molecular complexity index is 682. The topological polar surface area (TPSA) is 0 Å². The van der Waals surface area contributed by atoms with Crippen molar-refractivity contribution in [1.82, 2.24) is 0 Å². The summed E-state index contributed by atoms with van der Waals surface area (Å²) in [5.74, 6) is 1.54. The molecule has 0 N–H and O–H groups in total. The zero-order valence-electron chi connectivity index (χ0n) is 16.7. The van der Waals surface area contributed by atoms with Crippen LogP contribution < -0.4 is 0 Å². The molecule has 140 valence electrons. The van der Waals surface area contributed by atoms with Gasteiger partial charge in [-0.15, -0.1) is 0 Å². The van der Waals surface area contributed by atoms with Crippen molar-refractivity contribution in [2.24, 2.45) is 5.92 Å². The van der Waals surface area contributed by atoms with Crippen molar-refractivity contribution in [2.45, 2.75) is 78.1 Å². The lowest BCUT2D eigenvalue weighted by Gasteiger charge is -2.29. The number of rotatable bonds is 6. The van der Waals surface area contributed by atoms with Gasteiger partial charge in [-0.25, -0.2) is 4.39 Å². The molecular weight excluding hydrogens is 319 g/mol. The fourth-order valence-electron chi connectivity index (χ4n) is 4.76. The summed E-state index contributed by atoms with van der Waals surface area (Å²) in [6.07, 6.45) is 11.0. The summed E-state index contributed by atoms with van der Waals surface area (Å²) < 4.78 is 13.6. The molecule has 0 saturated heterocycles. The second kappa shape index (κ2) is 8.84. The first-order valence-electron chi connectivity index (χ1n) is 10.5. The van der Waals surface area contributed by atoms with Crippen molar-refractivity contribution >= 4 is 0 Å². The maximum Gasteiger partial charge on any atom is 0.123 e. The van der Waals surface area contributed by atoms with Gasteiger partial charge in [0.1, 0.15) is 5.82 Å². The molecule has 0 atom stereocenters. The van der Waals surface area contributed by atoms with Gasteiger partial charge in [0.15, 0.2) is 0 Å². The van der Waals surface area contributed by atoms with E-state index in [2.05, 4.69) is 31.2 Å². The summed E-state index contributed by atoms with van der Waals surface area (Å²) in [5.41, 5.74) is 5.90. The van der Waals surface area contributed by atoms with Gasteiger partial charge in [-0.3, -0.25) is 0 Å². The highest BCUT2D eigenvalue weighted by Crippen LogP contribution is 2.38. The van der Waals surface area contributed by atoms with E-state index in [4.69, 9.17) is 0 Å². The van der Waals surface area contributed by atoms with Gasteiger partial charge in [0, 0.05) is 0 Å². The van der Waals surface area contributed by atoms with Crippen molar-refractivity contribution in [1.29, 1.82) is 0 Å². The van der Waals surface area contributed by atoms with Crippen LogP contribution in [0.3, 0.4) is 0 Å². The molecule has 1 aliphatic carbocycles. The number of unbranched alkanes of at least 4 members (excludes halogenated alkanes) is 2. The van der Waals surface area contributed by atoms with Gasteiger partial charge in [0.2, 0.25) is 0 Å². The quantitative estimate of drug-likeness (QED) is 0.462. The third-order valence-electron chi connectivity index (χ3n) is 6.23. The monoisotopic (exact) mass is 352 g/mol. The van der Waals surface area contributed by atoms with Crippen LogP contribution in [0.5, 0.6) is 0 Å². The molecule has 0 unspecified atom stereocenters. The van der Waals surface area contributed by atoms with Crippen LogP contribution in [0.4, 0.5) is 4.39 Å². The van der Waals surface area contributed by atoms with Gasteiger partial charge >= 0.3 is 0 Å². The predicted octanol–water partition coefficient (Wildman–Crippen LogP) is 7.96. The minimum absolute atomic E-state index is 0.143. The number of halogens is 1. The summed E-state index contributed by atoms with van der Waals surface area (Å²) in [7, 11) is 0. The summed E-state index contributed by atoms with van der Waals surface area (Å²) in [6.45, 7) is 6.29. The van der Waals surface area contributed by atoms with Crippen LogP contribution in [-0.4, -0.2) is 0 Å². The molecule has 1 fully saturated rings. The molecule has 26 heavy (non-hydrogen) atoms. The Kier molecular flexibility index (Phi) is 6.51. The Labute approximate surface area is 158 Å². The minimum atomic E-state index is -0.143. The van der Waals surface area contributed by atoms with Gasteiger partial charge in [-0.1, -0.05) is 56.9 Å². The van der Waals surface area contributed by atoms with Crippen LogP contribution in [0.1, 0.15) is 80.9 Å². The molecule has 2 aromatic carbocycles. The Hall–Kier alpha value is -1.63. The second-order valence-corrected chi connectivity index (χ2v) is 8.25. The molecule has 1 aliphatic rings. The first-order valence-corrected chi connectivity index (χ1v) is 10.5. The average Bonchev–Trinajstić information content (AvgIpc) is 2.62. The van der Waals surface area contributed by atoms with E-state index in [1.54, 1.807) is 12.1 Å². The first kappa shape index (κ1) is 19.1. The molecule has 1 heteroatoms. The summed E-state index contributed by atoms with van der Waals surface area (Å²) in [4.78, 5) is 0. The zero-order valence-corrected chi connectivity index (χ0v) is 16.7. The Morgan fingerprint density at radius 1 is 0.885 bits per heavy atom. The maximum absolute atomic E-state index is 13.6. The first-order chi connectivity index (χ1) is 12.6. The van der Waals surface area contributed by atoms with Crippen molar-refractivity contribution in [3.05, 3.63) is 58.9 Å². The maximum atomic E-state index is 13.6. The molecule has 0 aliphatic heterocycles. The van der Waals surface area contributed by atoms with E-state index in [1.165, 1.54) is 68.1 Å². The van der Waals surface area contributed by atoms with Gasteiger partial charge < -0.3 is 0 Å². The molecule has 0 aromatic heterocycles. The van der Waals surface area contributed by atoms with E-state index < -0.39 is 0 Å². The standard InChI is InChI=1S/C25H33F/c1-4-5-6-7-20-8-10-21(11-9-20)22-12-14-23(15-13-22)25-18(2)16-24(26)17-19(25)3/h12-17,20-21H,4-11H2,1-3H3. The Balaban J connectivity index is 1.64. The van der Waals surface area contributed by atoms with E-state index in [-0.39, 0.29) is 5.82 Å². The van der Waals surface area contributed by atoms with Crippen LogP contribution in [0.25, 0.3) is 11.1 Å². The number of benzene rings is 2. The molecule has 0 nitrogen and oxygen atoms in total. The van der Waals surface area contributed by atoms with E-state index in [1.807, 2.05) is 13.8 Å². The fourth-order valence-corrected chi connectivity index (χ4v) is 4.76. The number of hydrogen-bond acceptors (Lipinski definition) is 0. The van der Waals surface area contributed by atoms with Crippen LogP contribution >= 0.6 is 0 Å². The van der Waals surface area contributed by atoms with Crippen molar-refractivity contribution in [2.75, 3.05) is 0 Å². The minimum Gasteiger partial charge on any atom is -0.207 e. The molecular formula is C25H33F. The van der Waals surface area contributed by atoms with Crippen molar-refractivity contribution < 1.29 is 4.39 Å². The van der Waals surface area contributed by atoms with Gasteiger partial charge in [0.25, 0.3) is 0 Å². The van der Waals surface area contributed by atoms with Crippen molar-refractivity contribution in [3.63, 3.8) is 0 Å². The largest absolute Gasteiger partial charge is 0.207 e. The number of aryl methyl sites for hydroxylation is 2. The summed E-state index contributed by atoms with van der Waals surface area (Å²) in [5, 5.41) is 0. The molecule has 2 aromatic rings. The Morgan fingerprint density at radius 2 is 1.50 bits per heavy atom. The van der Waals surface area contributed by atoms with E-state index >= 15 is 0 Å². The molecule has 0 spiro atoms. The molecule has 0 bridgehead atoms. The lowest BCUT2D eigenvalue weighted by atomic mass is 9.77. The third kappa shape index (κ3) is 4.55. The van der Waals surface area contributed by atoms with Crippen LogP contribution in [0, 0.1) is 25.6 Å². The van der Waals surface area contributed by atoms with E-state index in [9.17, 15) is 4.39 Å². The van der Waals surface area contributed by atoms with Gasteiger partial charge in [-0.2, -0.15) is 0 Å². The van der Waals surface area contributed by atoms with Crippen LogP contribution in [-0.2, 0) is 0 Å². The molecule has 0 radical (unpaired) electrons. The second-order valence-electron chi connectivity index (χ2n) is 8.25. The lowest BCUT2D eigenvalue weighted by Crippen LogP contribution is -2.13. The van der Waals surface area contributed by atoms with E-state index in [0.29, 0.717) is 0 Å². The van der Waals surface area contributed by atoms with Gasteiger partial charge in [0.05, 0.1) is 0 Å². The zero-order chi connectivity index (χ0) is 18.5. The molecule has 0 amide bonds.